The Balaban J connectivity index is 2.04. The molecule has 1 aromatic carbocycles. The topological polar surface area (TPSA) is 165 Å². The predicted molar refractivity (Wildman–Crippen MR) is 117 cm³/mol. The number of nitrogens with one attached hydrogen (secondary N) is 2. The molecule has 0 saturated heterocycles. The number of hydrogen-bond donors (Lipinski definition) is 3. The number of nitrogens with two attached hydrogens (primary N) is 1. The Morgan fingerprint density at radius 1 is 1.28 bits per heavy atom. The minimum absolute atomic E-state index is 0.00450. The molecule has 0 radical (unpaired) electrons. The van der Waals surface area contributed by atoms with Crippen molar-refractivity contribution in [3.8, 4) is 23.4 Å². The molecule has 0 fully saturated rings. The lowest BCUT2D eigenvalue weighted by atomic mass is 10.0. The van der Waals surface area contributed by atoms with Crippen molar-refractivity contribution >= 4 is 29.2 Å². The number of benzene rings is 1. The molecule has 3 aromatic rings. The van der Waals surface area contributed by atoms with E-state index in [-0.39, 0.29) is 39.1 Å². The van der Waals surface area contributed by atoms with Gasteiger partial charge in [0, 0.05) is 5.69 Å². The second kappa shape index (κ2) is 8.96. The number of aromatic nitrogens is 3. The normalized spacial score (nSPS) is 11.4. The second-order valence-corrected chi connectivity index (χ2v) is 8.38. The summed E-state index contributed by atoms with van der Waals surface area (Å²) in [6.07, 6.45) is 0. The summed E-state index contributed by atoms with van der Waals surface area (Å²) in [5.41, 5.74) is 7.53. The summed E-state index contributed by atoms with van der Waals surface area (Å²) in [6.45, 7) is 5.45. The molecule has 32 heavy (non-hydrogen) atoms. The first-order chi connectivity index (χ1) is 15.2. The fraction of sp³-hybridized carbons (Fsp3) is 0.238. The number of pyridine rings is 1. The van der Waals surface area contributed by atoms with Gasteiger partial charge in [0.1, 0.15) is 34.1 Å². The molecular weight excluding hydrogens is 430 g/mol. The fourth-order valence-electron chi connectivity index (χ4n) is 3.19. The number of aromatic amines is 1. The van der Waals surface area contributed by atoms with Crippen LogP contribution in [0.1, 0.15) is 29.2 Å². The molecule has 0 spiro atoms. The zero-order valence-electron chi connectivity index (χ0n) is 17.8. The van der Waals surface area contributed by atoms with Gasteiger partial charge in [-0.3, -0.25) is 9.32 Å². The summed E-state index contributed by atoms with van der Waals surface area (Å²) in [5.74, 6) is -0.457. The van der Waals surface area contributed by atoms with Crippen LogP contribution in [0.3, 0.4) is 0 Å². The molecule has 0 saturated carbocycles. The molecule has 1 atom stereocenters. The van der Waals surface area contributed by atoms with E-state index in [1.165, 1.54) is 11.7 Å². The molecular formula is C21H20N7O3S+. The van der Waals surface area contributed by atoms with Gasteiger partial charge in [-0.2, -0.15) is 10.5 Å². The van der Waals surface area contributed by atoms with Crippen molar-refractivity contribution in [3.05, 3.63) is 50.9 Å². The lowest BCUT2D eigenvalue weighted by molar-refractivity contribution is -0.730. The number of para-hydroxylation sites is 1. The molecule has 162 valence electrons. The van der Waals surface area contributed by atoms with E-state index in [9.17, 15) is 20.1 Å². The number of carbonyl (C=O) groups excluding carboxylic acids is 1. The number of carbonyl (C=O) groups is 1. The highest BCUT2D eigenvalue weighted by molar-refractivity contribution is 8.00. The highest BCUT2D eigenvalue weighted by Gasteiger charge is 2.32. The van der Waals surface area contributed by atoms with E-state index in [2.05, 4.69) is 15.6 Å². The number of nitriles is 2. The van der Waals surface area contributed by atoms with Gasteiger partial charge in [0.2, 0.25) is 5.91 Å². The van der Waals surface area contributed by atoms with E-state index in [1.807, 2.05) is 44.2 Å². The number of hydrogen-bond acceptors (Lipinski definition) is 8. The van der Waals surface area contributed by atoms with Crippen LogP contribution in [0, 0.1) is 36.5 Å². The molecule has 0 bridgehead atoms. The quantitative estimate of drug-likeness (QED) is 0.391. The van der Waals surface area contributed by atoms with E-state index < -0.39 is 10.9 Å². The molecule has 3 rings (SSSR count). The first-order valence-electron chi connectivity index (χ1n) is 9.44. The van der Waals surface area contributed by atoms with Crippen LogP contribution in [0.4, 0.5) is 11.5 Å². The number of thioether (sulfide) groups is 1. The molecule has 0 aliphatic carbocycles. The number of rotatable bonds is 5. The Morgan fingerprint density at radius 3 is 2.44 bits per heavy atom. The third kappa shape index (κ3) is 4.06. The molecule has 4 N–H and O–H groups in total. The zero-order chi connectivity index (χ0) is 23.6. The smallest absolute Gasteiger partial charge is 0.383 e. The number of nitrogens with zero attached hydrogens (tertiary/aromatic N) is 4. The van der Waals surface area contributed by atoms with Crippen LogP contribution in [0.15, 0.2) is 32.5 Å². The largest absolute Gasteiger partial charge is 0.435 e. The Bertz CT molecular complexity index is 1340. The summed E-state index contributed by atoms with van der Waals surface area (Å²) in [4.78, 5) is 29.3. The Hall–Kier alpha value is -4.09. The summed E-state index contributed by atoms with van der Waals surface area (Å²) in [5, 5.41) is 24.1. The van der Waals surface area contributed by atoms with Crippen molar-refractivity contribution in [3.63, 3.8) is 0 Å². The van der Waals surface area contributed by atoms with Gasteiger partial charge in [-0.25, -0.2) is 9.78 Å². The molecule has 2 heterocycles. The van der Waals surface area contributed by atoms with Crippen LogP contribution in [0.25, 0.3) is 11.3 Å². The Kier molecular flexibility index (Phi) is 6.32. The molecule has 2 aromatic heterocycles. The lowest BCUT2D eigenvalue weighted by Crippen LogP contribution is -2.34. The Labute approximate surface area is 187 Å². The van der Waals surface area contributed by atoms with Gasteiger partial charge < -0.3 is 11.1 Å². The monoisotopic (exact) mass is 450 g/mol. The summed E-state index contributed by atoms with van der Waals surface area (Å²) >= 11 is 1.00. The molecule has 10 nitrogen and oxygen atoms in total. The summed E-state index contributed by atoms with van der Waals surface area (Å²) in [7, 11) is 1.49. The van der Waals surface area contributed by atoms with Crippen LogP contribution in [0.5, 0.6) is 0 Å². The van der Waals surface area contributed by atoms with Crippen molar-refractivity contribution < 1.29 is 14.0 Å². The third-order valence-corrected chi connectivity index (χ3v) is 5.93. The Morgan fingerprint density at radius 2 is 1.91 bits per heavy atom. The van der Waals surface area contributed by atoms with Gasteiger partial charge in [0.05, 0.1) is 10.8 Å². The standard InChI is InChI=1S/C21H19N7O3S/c1-10-6-5-7-11(2)16(10)25-19(29)12(3)32-20-14(9-23)15(13(8-22)18(24)26-20)17-21(30)31-27-28(17)4/h5-7,12H,1-4H3,(H3-,24,25,26,27,29,30)/p+1. The van der Waals surface area contributed by atoms with Crippen molar-refractivity contribution in [1.29, 1.82) is 10.5 Å². The van der Waals surface area contributed by atoms with Crippen LogP contribution >= 0.6 is 11.8 Å². The molecule has 1 unspecified atom stereocenters. The minimum Gasteiger partial charge on any atom is -0.383 e. The van der Waals surface area contributed by atoms with Crippen LogP contribution in [-0.2, 0) is 11.8 Å². The number of H-pyrrole nitrogens is 1. The highest BCUT2D eigenvalue weighted by atomic mass is 32.2. The van der Waals surface area contributed by atoms with Gasteiger partial charge in [0.15, 0.2) is 7.05 Å². The number of amides is 1. The number of anilines is 2. The molecule has 1 amide bonds. The van der Waals surface area contributed by atoms with Crippen molar-refractivity contribution in [2.45, 2.75) is 31.0 Å². The SMILES string of the molecule is Cc1cccc(C)c1NC(=O)C(C)Sc1nc(N)c(C#N)c(-c2c(=O)o[nH][n+]2C)c1C#N. The fourth-order valence-corrected chi connectivity index (χ4v) is 4.11. The average molecular weight is 451 g/mol. The van der Waals surface area contributed by atoms with Gasteiger partial charge in [-0.05, 0) is 37.2 Å². The average Bonchev–Trinajstić information content (AvgIpc) is 3.08. The lowest BCUT2D eigenvalue weighted by Gasteiger charge is -2.16. The molecule has 11 heteroatoms. The highest BCUT2D eigenvalue weighted by Crippen LogP contribution is 2.35. The summed E-state index contributed by atoms with van der Waals surface area (Å²) in [6, 6.07) is 9.58. The van der Waals surface area contributed by atoms with E-state index in [0.29, 0.717) is 0 Å². The third-order valence-electron chi connectivity index (χ3n) is 4.84. The first-order valence-corrected chi connectivity index (χ1v) is 10.3. The maximum absolute atomic E-state index is 12.9. The summed E-state index contributed by atoms with van der Waals surface area (Å²) < 4.78 is 6.01. The predicted octanol–water partition coefficient (Wildman–Crippen LogP) is 1.92. The van der Waals surface area contributed by atoms with Gasteiger partial charge in [-0.15, -0.1) is 0 Å². The van der Waals surface area contributed by atoms with Crippen LogP contribution in [0.2, 0.25) is 0 Å². The molecule has 0 aliphatic rings. The van der Waals surface area contributed by atoms with Crippen molar-refractivity contribution in [2.75, 3.05) is 11.1 Å². The second-order valence-electron chi connectivity index (χ2n) is 7.06. The van der Waals surface area contributed by atoms with Gasteiger partial charge >= 0.3 is 11.3 Å². The van der Waals surface area contributed by atoms with Crippen LogP contribution in [-0.4, -0.2) is 21.4 Å². The van der Waals surface area contributed by atoms with E-state index in [4.69, 9.17) is 10.3 Å². The molecule has 0 aliphatic heterocycles. The van der Waals surface area contributed by atoms with Gasteiger partial charge in [-0.1, -0.05) is 34.6 Å². The van der Waals surface area contributed by atoms with Crippen molar-refractivity contribution in [1.82, 2.24) is 10.3 Å². The minimum atomic E-state index is -0.775. The number of aryl methyl sites for hydroxylation is 3. The van der Waals surface area contributed by atoms with Crippen LogP contribution < -0.4 is 21.4 Å². The number of nitrogen functional groups attached to an aromatic ring is 1. The maximum Gasteiger partial charge on any atom is 0.435 e. The van der Waals surface area contributed by atoms with E-state index >= 15 is 0 Å². The van der Waals surface area contributed by atoms with E-state index in [1.54, 1.807) is 6.92 Å². The zero-order valence-corrected chi connectivity index (χ0v) is 18.6. The maximum atomic E-state index is 12.9. The first kappa shape index (κ1) is 22.6. The van der Waals surface area contributed by atoms with E-state index in [0.717, 1.165) is 28.6 Å². The van der Waals surface area contributed by atoms with Crippen molar-refractivity contribution in [2.24, 2.45) is 7.05 Å². The van der Waals surface area contributed by atoms with Gasteiger partial charge in [0.25, 0.3) is 0 Å².